The quantitative estimate of drug-likeness (QED) is 0.873. The van der Waals surface area contributed by atoms with Gasteiger partial charge in [-0.2, -0.15) is 0 Å². The van der Waals surface area contributed by atoms with Gasteiger partial charge in [-0.25, -0.2) is 13.1 Å². The highest BCUT2D eigenvalue weighted by Crippen LogP contribution is 2.24. The van der Waals surface area contributed by atoms with Gasteiger partial charge in [-0.3, -0.25) is 0 Å². The molecule has 0 atom stereocenters. The molecule has 112 valence electrons. The largest absolute Gasteiger partial charge is 0.394 e. The first-order chi connectivity index (χ1) is 9.38. The Balaban J connectivity index is 2.27. The van der Waals surface area contributed by atoms with E-state index in [1.807, 2.05) is 13.8 Å². The van der Waals surface area contributed by atoms with Crippen LogP contribution < -0.4 is 4.72 Å². The van der Waals surface area contributed by atoms with E-state index >= 15 is 0 Å². The summed E-state index contributed by atoms with van der Waals surface area (Å²) in [7, 11) is -3.64. The minimum Gasteiger partial charge on any atom is -0.394 e. The van der Waals surface area contributed by atoms with E-state index in [2.05, 4.69) is 4.72 Å². The zero-order chi connectivity index (χ0) is 14.8. The summed E-state index contributed by atoms with van der Waals surface area (Å²) in [6.07, 6.45) is 0.959. The lowest BCUT2D eigenvalue weighted by atomic mass is 9.93. The van der Waals surface area contributed by atoms with Crippen molar-refractivity contribution in [2.24, 2.45) is 0 Å². The summed E-state index contributed by atoms with van der Waals surface area (Å²) in [6, 6.07) is 5.04. The van der Waals surface area contributed by atoms with Gasteiger partial charge in [0, 0.05) is 13.2 Å². The van der Waals surface area contributed by atoms with E-state index in [-0.39, 0.29) is 11.5 Å². The van der Waals surface area contributed by atoms with Gasteiger partial charge < -0.3 is 9.84 Å². The number of nitrogens with one attached hydrogen (secondary N) is 1. The second kappa shape index (κ2) is 5.81. The summed E-state index contributed by atoms with van der Waals surface area (Å²) in [5.41, 5.74) is 1.17. The van der Waals surface area contributed by atoms with E-state index in [1.54, 1.807) is 18.2 Å². The van der Waals surface area contributed by atoms with Gasteiger partial charge in [0.1, 0.15) is 0 Å². The molecule has 1 aromatic rings. The highest BCUT2D eigenvalue weighted by Gasteiger charge is 2.36. The molecule has 1 aliphatic rings. The van der Waals surface area contributed by atoms with E-state index in [0.29, 0.717) is 26.1 Å². The molecule has 1 heterocycles. The number of benzene rings is 1. The van der Waals surface area contributed by atoms with Crippen LogP contribution >= 0.6 is 0 Å². The maximum atomic E-state index is 12.5. The normalized spacial score (nSPS) is 18.9. The summed E-state index contributed by atoms with van der Waals surface area (Å²) in [5, 5.41) is 9.57. The molecule has 1 aliphatic heterocycles. The van der Waals surface area contributed by atoms with Crippen LogP contribution in [0.3, 0.4) is 0 Å². The maximum Gasteiger partial charge on any atom is 0.241 e. The first-order valence-corrected chi connectivity index (χ1v) is 8.17. The molecular weight excluding hydrogens is 278 g/mol. The van der Waals surface area contributed by atoms with E-state index in [1.165, 1.54) is 0 Å². The Morgan fingerprint density at radius 3 is 2.45 bits per heavy atom. The average molecular weight is 299 g/mol. The minimum absolute atomic E-state index is 0.222. The molecule has 1 saturated heterocycles. The van der Waals surface area contributed by atoms with Crippen molar-refractivity contribution in [1.29, 1.82) is 0 Å². The monoisotopic (exact) mass is 299 g/mol. The van der Waals surface area contributed by atoms with Crippen LogP contribution in [-0.4, -0.2) is 38.9 Å². The van der Waals surface area contributed by atoms with Crippen molar-refractivity contribution in [3.05, 3.63) is 29.3 Å². The summed E-state index contributed by atoms with van der Waals surface area (Å²) in [5.74, 6) is 0. The predicted octanol–water partition coefficient (Wildman–Crippen LogP) is 1.12. The molecule has 0 radical (unpaired) electrons. The van der Waals surface area contributed by atoms with Gasteiger partial charge >= 0.3 is 0 Å². The number of aryl methyl sites for hydroxylation is 2. The topological polar surface area (TPSA) is 75.6 Å². The van der Waals surface area contributed by atoms with Gasteiger partial charge in [-0.1, -0.05) is 6.07 Å². The predicted molar refractivity (Wildman–Crippen MR) is 76.1 cm³/mol. The second-order valence-corrected chi connectivity index (χ2v) is 7.08. The lowest BCUT2D eigenvalue weighted by Gasteiger charge is -2.35. The Labute approximate surface area is 120 Å². The zero-order valence-electron chi connectivity index (χ0n) is 11.8. The van der Waals surface area contributed by atoms with Gasteiger partial charge in [0.05, 0.1) is 17.0 Å². The number of aliphatic hydroxyl groups is 1. The van der Waals surface area contributed by atoms with Gasteiger partial charge in [0.25, 0.3) is 0 Å². The summed E-state index contributed by atoms with van der Waals surface area (Å²) in [4.78, 5) is 0.236. The van der Waals surface area contributed by atoms with Crippen LogP contribution in [0.25, 0.3) is 0 Å². The molecule has 0 saturated carbocycles. The van der Waals surface area contributed by atoms with Gasteiger partial charge in [0.15, 0.2) is 0 Å². The highest BCUT2D eigenvalue weighted by atomic mass is 32.2. The fourth-order valence-corrected chi connectivity index (χ4v) is 3.82. The molecular formula is C14H21NO4S. The van der Waals surface area contributed by atoms with Crippen LogP contribution in [0.2, 0.25) is 0 Å². The summed E-state index contributed by atoms with van der Waals surface area (Å²) >= 11 is 0. The third-order valence-corrected chi connectivity index (χ3v) is 5.47. The van der Waals surface area contributed by atoms with Gasteiger partial charge in [0.2, 0.25) is 10.0 Å². The minimum atomic E-state index is -3.64. The van der Waals surface area contributed by atoms with Crippen molar-refractivity contribution in [1.82, 2.24) is 4.72 Å². The SMILES string of the molecule is Cc1ccc(S(=O)(=O)NC2(CO)CCOCC2)cc1C. The van der Waals surface area contributed by atoms with Crippen molar-refractivity contribution < 1.29 is 18.3 Å². The smallest absolute Gasteiger partial charge is 0.241 e. The number of aliphatic hydroxyl groups excluding tert-OH is 1. The standard InChI is InChI=1S/C14H21NO4S/c1-11-3-4-13(9-12(11)2)20(17,18)15-14(10-16)5-7-19-8-6-14/h3-4,9,15-16H,5-8,10H2,1-2H3. The highest BCUT2D eigenvalue weighted by molar-refractivity contribution is 7.89. The number of hydrogen-bond donors (Lipinski definition) is 2. The molecule has 20 heavy (non-hydrogen) atoms. The van der Waals surface area contributed by atoms with Gasteiger partial charge in [-0.05, 0) is 49.9 Å². The number of hydrogen-bond acceptors (Lipinski definition) is 4. The van der Waals surface area contributed by atoms with Crippen molar-refractivity contribution in [2.75, 3.05) is 19.8 Å². The van der Waals surface area contributed by atoms with Crippen molar-refractivity contribution in [3.8, 4) is 0 Å². The lowest BCUT2D eigenvalue weighted by Crippen LogP contribution is -2.54. The fraction of sp³-hybridized carbons (Fsp3) is 0.571. The first kappa shape index (κ1) is 15.4. The van der Waals surface area contributed by atoms with Crippen LogP contribution in [0.15, 0.2) is 23.1 Å². The number of sulfonamides is 1. The molecule has 6 heteroatoms. The molecule has 2 rings (SSSR count). The molecule has 1 aromatic carbocycles. The third-order valence-electron chi connectivity index (χ3n) is 3.89. The van der Waals surface area contributed by atoms with Crippen LogP contribution in [0.5, 0.6) is 0 Å². The Morgan fingerprint density at radius 2 is 1.90 bits per heavy atom. The van der Waals surface area contributed by atoms with Crippen molar-refractivity contribution in [2.45, 2.75) is 37.1 Å². The maximum absolute atomic E-state index is 12.5. The number of rotatable bonds is 4. The van der Waals surface area contributed by atoms with E-state index in [4.69, 9.17) is 4.74 Å². The van der Waals surface area contributed by atoms with Crippen molar-refractivity contribution in [3.63, 3.8) is 0 Å². The molecule has 0 aliphatic carbocycles. The second-order valence-electron chi connectivity index (χ2n) is 5.40. The number of ether oxygens (including phenoxy) is 1. The van der Waals surface area contributed by atoms with Crippen LogP contribution in [0.1, 0.15) is 24.0 Å². The van der Waals surface area contributed by atoms with Crippen LogP contribution in [-0.2, 0) is 14.8 Å². The molecule has 0 bridgehead atoms. The Kier molecular flexibility index (Phi) is 4.49. The zero-order valence-corrected chi connectivity index (χ0v) is 12.7. The average Bonchev–Trinajstić information content (AvgIpc) is 2.42. The Hall–Kier alpha value is -0.950. The molecule has 0 unspecified atom stereocenters. The van der Waals surface area contributed by atoms with E-state index < -0.39 is 15.6 Å². The van der Waals surface area contributed by atoms with Crippen molar-refractivity contribution >= 4 is 10.0 Å². The fourth-order valence-electron chi connectivity index (χ4n) is 2.28. The lowest BCUT2D eigenvalue weighted by molar-refractivity contribution is 0.0223. The third kappa shape index (κ3) is 3.20. The van der Waals surface area contributed by atoms with E-state index in [0.717, 1.165) is 11.1 Å². The summed E-state index contributed by atoms with van der Waals surface area (Å²) in [6.45, 7) is 4.50. The first-order valence-electron chi connectivity index (χ1n) is 6.68. The molecule has 0 spiro atoms. The summed E-state index contributed by atoms with van der Waals surface area (Å²) < 4.78 is 32.8. The molecule has 5 nitrogen and oxygen atoms in total. The molecule has 0 amide bonds. The van der Waals surface area contributed by atoms with Crippen LogP contribution in [0.4, 0.5) is 0 Å². The van der Waals surface area contributed by atoms with E-state index in [9.17, 15) is 13.5 Å². The molecule has 0 aromatic heterocycles. The van der Waals surface area contributed by atoms with Gasteiger partial charge in [-0.15, -0.1) is 0 Å². The Morgan fingerprint density at radius 1 is 1.25 bits per heavy atom. The van der Waals surface area contributed by atoms with Crippen LogP contribution in [0, 0.1) is 13.8 Å². The molecule has 2 N–H and O–H groups in total. The Bertz CT molecular complexity index is 577. The molecule has 1 fully saturated rings.